The highest BCUT2D eigenvalue weighted by atomic mass is 28.3. The Bertz CT molecular complexity index is 46.1. The lowest BCUT2D eigenvalue weighted by atomic mass is 11.3. The van der Waals surface area contributed by atoms with Crippen LogP contribution in [0.2, 0.25) is 0 Å². The molecule has 0 amide bonds. The van der Waals surface area contributed by atoms with Gasteiger partial charge in [0.1, 0.15) is 0 Å². The molecule has 0 aliphatic heterocycles. The quantitative estimate of drug-likeness (QED) is 0.482. The lowest BCUT2D eigenvalue weighted by Gasteiger charge is -1.92. The van der Waals surface area contributed by atoms with Crippen LogP contribution in [0.15, 0.2) is 12.3 Å². The Kier molecular flexibility index (Phi) is 3.02. The van der Waals surface area contributed by atoms with Crippen LogP contribution in [0, 0.1) is 0 Å². The Morgan fingerprint density at radius 3 is 2.50 bits per heavy atom. The highest BCUT2D eigenvalue weighted by molar-refractivity contribution is 6.48. The van der Waals surface area contributed by atoms with Gasteiger partial charge >= 0.3 is 9.28 Å². The molecule has 0 saturated heterocycles. The molecule has 0 aromatic carbocycles. The molecule has 0 fully saturated rings. The van der Waals surface area contributed by atoms with Crippen LogP contribution in [-0.4, -0.2) is 21.2 Å². The number of hydrogen-bond donors (Lipinski definition) is 1. The van der Waals surface area contributed by atoms with E-state index in [4.69, 9.17) is 4.80 Å². The highest BCUT2D eigenvalue weighted by Crippen LogP contribution is 1.72. The van der Waals surface area contributed by atoms with Gasteiger partial charge in [0.2, 0.25) is 0 Å². The molecule has 0 aromatic rings. The molecule has 1 atom stereocenters. The van der Waals surface area contributed by atoms with E-state index in [1.54, 1.807) is 0 Å². The van der Waals surface area contributed by atoms with Crippen LogP contribution in [0.25, 0.3) is 0 Å². The zero-order valence-electron chi connectivity index (χ0n) is 3.72. The molecule has 1 N–H and O–H groups in total. The van der Waals surface area contributed by atoms with E-state index < -0.39 is 9.28 Å². The van der Waals surface area contributed by atoms with Gasteiger partial charge in [-0.3, -0.25) is 0 Å². The van der Waals surface area contributed by atoms with Crippen LogP contribution in [0.5, 0.6) is 0 Å². The smallest absolute Gasteiger partial charge is 0.344 e. The maximum atomic E-state index is 8.47. The molecule has 0 saturated carbocycles. The fourth-order valence-corrected chi connectivity index (χ4v) is 0.289. The monoisotopic (exact) mass is 104 g/mol. The molecule has 3 heteroatoms. The Morgan fingerprint density at radius 1 is 2.00 bits per heavy atom. The summed E-state index contributed by atoms with van der Waals surface area (Å²) in [5, 5.41) is 0. The van der Waals surface area contributed by atoms with Crippen molar-refractivity contribution >= 4 is 9.28 Å². The van der Waals surface area contributed by atoms with Gasteiger partial charge in [0.15, 0.2) is 0 Å². The SMILES string of the molecule is C=C[SiH](O)OC. The van der Waals surface area contributed by atoms with E-state index in [2.05, 4.69) is 11.0 Å². The molecule has 0 aromatic heterocycles. The third kappa shape index (κ3) is 2.13. The lowest BCUT2D eigenvalue weighted by Crippen LogP contribution is -2.09. The molecule has 0 bridgehead atoms. The molecule has 0 heterocycles. The first-order chi connectivity index (χ1) is 2.81. The van der Waals surface area contributed by atoms with Crippen molar-refractivity contribution in [1.29, 1.82) is 0 Å². The summed E-state index contributed by atoms with van der Waals surface area (Å²) in [6.07, 6.45) is 0. The normalized spacial score (nSPS) is 13.7. The van der Waals surface area contributed by atoms with E-state index in [0.29, 0.717) is 0 Å². The third-order valence-electron chi connectivity index (χ3n) is 0.443. The minimum Gasteiger partial charge on any atom is -0.410 e. The second-order valence-corrected chi connectivity index (χ2v) is 2.59. The van der Waals surface area contributed by atoms with Crippen molar-refractivity contribution in [2.45, 2.75) is 0 Å². The van der Waals surface area contributed by atoms with E-state index in [0.717, 1.165) is 0 Å². The second-order valence-electron chi connectivity index (χ2n) is 0.862. The molecular weight excluding hydrogens is 96.1 g/mol. The summed E-state index contributed by atoms with van der Waals surface area (Å²) in [7, 11) is -0.426. The van der Waals surface area contributed by atoms with Crippen LogP contribution < -0.4 is 0 Å². The van der Waals surface area contributed by atoms with Crippen LogP contribution >= 0.6 is 0 Å². The minimum absolute atomic E-state index is 1.44. The fourth-order valence-electron chi connectivity index (χ4n) is 0.0962. The molecule has 1 unspecified atom stereocenters. The molecule has 0 aliphatic carbocycles. The molecule has 0 aliphatic rings. The Morgan fingerprint density at radius 2 is 2.50 bits per heavy atom. The van der Waals surface area contributed by atoms with E-state index in [1.807, 2.05) is 0 Å². The second kappa shape index (κ2) is 3.08. The van der Waals surface area contributed by atoms with Gasteiger partial charge in [-0.2, -0.15) is 0 Å². The van der Waals surface area contributed by atoms with Crippen molar-refractivity contribution in [2.24, 2.45) is 0 Å². The average molecular weight is 104 g/mol. The van der Waals surface area contributed by atoms with E-state index >= 15 is 0 Å². The van der Waals surface area contributed by atoms with E-state index in [1.165, 1.54) is 12.8 Å². The number of hydrogen-bond acceptors (Lipinski definition) is 2. The van der Waals surface area contributed by atoms with Crippen molar-refractivity contribution in [3.8, 4) is 0 Å². The van der Waals surface area contributed by atoms with E-state index in [-0.39, 0.29) is 0 Å². The molecule has 0 rings (SSSR count). The lowest BCUT2D eigenvalue weighted by molar-refractivity contribution is 0.340. The van der Waals surface area contributed by atoms with Gasteiger partial charge in [-0.05, 0) is 0 Å². The van der Waals surface area contributed by atoms with E-state index in [9.17, 15) is 0 Å². The standard InChI is InChI=1S/C3H8O2Si/c1-3-6(4)5-2/h3-4,6H,1H2,2H3. The van der Waals surface area contributed by atoms with Gasteiger partial charge in [0.05, 0.1) is 0 Å². The maximum Gasteiger partial charge on any atom is 0.344 e. The molecule has 2 nitrogen and oxygen atoms in total. The van der Waals surface area contributed by atoms with Gasteiger partial charge in [-0.25, -0.2) is 0 Å². The molecule has 36 valence electrons. The summed E-state index contributed by atoms with van der Waals surface area (Å²) in [5.74, 6) is 0. The predicted octanol–water partition coefficient (Wildman–Crippen LogP) is -0.429. The molecule has 0 spiro atoms. The summed E-state index contributed by atoms with van der Waals surface area (Å²) in [6, 6.07) is 0. The van der Waals surface area contributed by atoms with Crippen LogP contribution in [0.3, 0.4) is 0 Å². The van der Waals surface area contributed by atoms with Gasteiger partial charge in [-0.15, -0.1) is 6.58 Å². The summed E-state index contributed by atoms with van der Waals surface area (Å²) in [6.45, 7) is 3.32. The largest absolute Gasteiger partial charge is 0.410 e. The number of rotatable bonds is 2. The predicted molar refractivity (Wildman–Crippen MR) is 26.6 cm³/mol. The van der Waals surface area contributed by atoms with Crippen molar-refractivity contribution in [2.75, 3.05) is 7.11 Å². The minimum atomic E-state index is -1.90. The van der Waals surface area contributed by atoms with Gasteiger partial charge in [-0.1, -0.05) is 5.70 Å². The third-order valence-corrected chi connectivity index (χ3v) is 1.33. The summed E-state index contributed by atoms with van der Waals surface area (Å²) in [4.78, 5) is 8.47. The van der Waals surface area contributed by atoms with Crippen LogP contribution in [0.1, 0.15) is 0 Å². The molecular formula is C3H8O2Si. The fraction of sp³-hybridized carbons (Fsp3) is 0.333. The van der Waals surface area contributed by atoms with Crippen molar-refractivity contribution in [3.05, 3.63) is 12.3 Å². The zero-order chi connectivity index (χ0) is 4.99. The summed E-state index contributed by atoms with van der Waals surface area (Å²) in [5.41, 5.74) is 1.44. The van der Waals surface area contributed by atoms with Gasteiger partial charge in [0.25, 0.3) is 0 Å². The molecule has 0 radical (unpaired) electrons. The average Bonchev–Trinajstić information content (AvgIpc) is 1.65. The first-order valence-electron chi connectivity index (χ1n) is 1.64. The topological polar surface area (TPSA) is 29.5 Å². The first kappa shape index (κ1) is 5.88. The Hall–Kier alpha value is -0.123. The van der Waals surface area contributed by atoms with Crippen LogP contribution in [-0.2, 0) is 4.43 Å². The van der Waals surface area contributed by atoms with Crippen molar-refractivity contribution in [3.63, 3.8) is 0 Å². The maximum absolute atomic E-state index is 8.47. The van der Waals surface area contributed by atoms with Crippen LogP contribution in [0.4, 0.5) is 0 Å². The Labute approximate surface area is 38.9 Å². The Balaban J connectivity index is 2.96. The van der Waals surface area contributed by atoms with Crippen molar-refractivity contribution in [1.82, 2.24) is 0 Å². The highest BCUT2D eigenvalue weighted by Gasteiger charge is 1.92. The first-order valence-corrected chi connectivity index (χ1v) is 3.30. The molecule has 6 heavy (non-hydrogen) atoms. The van der Waals surface area contributed by atoms with Crippen molar-refractivity contribution < 1.29 is 9.22 Å². The summed E-state index contributed by atoms with van der Waals surface area (Å²) >= 11 is 0. The summed E-state index contributed by atoms with van der Waals surface area (Å²) < 4.78 is 4.48. The van der Waals surface area contributed by atoms with Gasteiger partial charge < -0.3 is 9.22 Å². The zero-order valence-corrected chi connectivity index (χ0v) is 4.87. The van der Waals surface area contributed by atoms with Gasteiger partial charge in [0, 0.05) is 7.11 Å².